The molecule has 0 amide bonds. The molecule has 0 heterocycles. The highest BCUT2D eigenvalue weighted by atomic mass is 16.6. The lowest BCUT2D eigenvalue weighted by molar-refractivity contribution is -0.171. The quantitative estimate of drug-likeness (QED) is 0.117. The van der Waals surface area contributed by atoms with E-state index in [1.807, 2.05) is 0 Å². The standard InChI is InChI=1S/C27H50O6/c1-3-5-7-9-11-13-15-17-19-21-25(28)32-23-24(27(30)31)33-26(29)22-20-18-16-14-12-10-8-6-4-2/h24H,3-23H2,1-2H3,(H,30,31)/t24-/m1/s1. The Kier molecular flexibility index (Phi) is 22.4. The topological polar surface area (TPSA) is 89.9 Å². The van der Waals surface area contributed by atoms with E-state index in [-0.39, 0.29) is 12.8 Å². The van der Waals surface area contributed by atoms with Crippen LogP contribution in [0.15, 0.2) is 0 Å². The monoisotopic (exact) mass is 470 g/mol. The molecule has 0 saturated heterocycles. The van der Waals surface area contributed by atoms with Gasteiger partial charge in [0.05, 0.1) is 0 Å². The van der Waals surface area contributed by atoms with Gasteiger partial charge in [-0.15, -0.1) is 0 Å². The first-order valence-corrected chi connectivity index (χ1v) is 13.6. The molecule has 0 aromatic heterocycles. The number of carboxylic acid groups (broad SMARTS) is 1. The molecule has 194 valence electrons. The van der Waals surface area contributed by atoms with E-state index < -0.39 is 30.6 Å². The smallest absolute Gasteiger partial charge is 0.348 e. The van der Waals surface area contributed by atoms with E-state index in [4.69, 9.17) is 9.47 Å². The van der Waals surface area contributed by atoms with Crippen molar-refractivity contribution in [3.05, 3.63) is 0 Å². The molecule has 0 aromatic carbocycles. The molecule has 0 rings (SSSR count). The van der Waals surface area contributed by atoms with Gasteiger partial charge in [-0.25, -0.2) is 4.79 Å². The molecule has 1 atom stereocenters. The van der Waals surface area contributed by atoms with Crippen molar-refractivity contribution in [2.45, 2.75) is 148 Å². The van der Waals surface area contributed by atoms with Crippen LogP contribution in [0.3, 0.4) is 0 Å². The minimum Gasteiger partial charge on any atom is -0.478 e. The van der Waals surface area contributed by atoms with Crippen molar-refractivity contribution in [2.24, 2.45) is 0 Å². The maximum atomic E-state index is 11.9. The third-order valence-corrected chi connectivity index (χ3v) is 5.91. The molecule has 33 heavy (non-hydrogen) atoms. The predicted molar refractivity (Wildman–Crippen MR) is 132 cm³/mol. The molecular weight excluding hydrogens is 420 g/mol. The van der Waals surface area contributed by atoms with E-state index in [0.29, 0.717) is 6.42 Å². The second-order valence-corrected chi connectivity index (χ2v) is 9.16. The Morgan fingerprint density at radius 1 is 0.576 bits per heavy atom. The second kappa shape index (κ2) is 23.6. The van der Waals surface area contributed by atoms with Crippen LogP contribution in [0.1, 0.15) is 142 Å². The zero-order valence-corrected chi connectivity index (χ0v) is 21.4. The summed E-state index contributed by atoms with van der Waals surface area (Å²) in [5, 5.41) is 9.25. The van der Waals surface area contributed by atoms with Crippen LogP contribution >= 0.6 is 0 Å². The first kappa shape index (κ1) is 31.4. The summed E-state index contributed by atoms with van der Waals surface area (Å²) < 4.78 is 10.1. The summed E-state index contributed by atoms with van der Waals surface area (Å²) in [6, 6.07) is 0. The number of carbonyl (C=O) groups is 3. The molecule has 0 aliphatic carbocycles. The number of hydrogen-bond acceptors (Lipinski definition) is 5. The normalized spacial score (nSPS) is 11.8. The SMILES string of the molecule is CCCCCCCCCCCC(=O)OC[C@@H](OC(=O)CCCCCCCCCCC)C(=O)O. The Morgan fingerprint density at radius 2 is 0.939 bits per heavy atom. The van der Waals surface area contributed by atoms with E-state index in [1.165, 1.54) is 77.0 Å². The van der Waals surface area contributed by atoms with Gasteiger partial charge in [0.15, 0.2) is 0 Å². The third-order valence-electron chi connectivity index (χ3n) is 5.91. The molecule has 0 aliphatic heterocycles. The molecular formula is C27H50O6. The second-order valence-electron chi connectivity index (χ2n) is 9.16. The molecule has 6 nitrogen and oxygen atoms in total. The summed E-state index contributed by atoms with van der Waals surface area (Å²) in [7, 11) is 0. The molecule has 0 saturated carbocycles. The average Bonchev–Trinajstić information content (AvgIpc) is 2.79. The highest BCUT2D eigenvalue weighted by Gasteiger charge is 2.24. The first-order chi connectivity index (χ1) is 16.0. The molecule has 0 unspecified atom stereocenters. The van der Waals surface area contributed by atoms with Gasteiger partial charge in [-0.05, 0) is 12.8 Å². The van der Waals surface area contributed by atoms with Gasteiger partial charge in [-0.2, -0.15) is 0 Å². The lowest BCUT2D eigenvalue weighted by Gasteiger charge is -2.14. The van der Waals surface area contributed by atoms with E-state index >= 15 is 0 Å². The summed E-state index contributed by atoms with van der Waals surface area (Å²) in [5.74, 6) is -2.26. The van der Waals surface area contributed by atoms with Gasteiger partial charge in [-0.3, -0.25) is 9.59 Å². The Hall–Kier alpha value is -1.59. The fourth-order valence-electron chi connectivity index (χ4n) is 3.77. The number of aliphatic carboxylic acids is 1. The number of esters is 2. The van der Waals surface area contributed by atoms with Crippen LogP contribution in [0, 0.1) is 0 Å². The number of ether oxygens (including phenoxy) is 2. The van der Waals surface area contributed by atoms with Crippen molar-refractivity contribution in [2.75, 3.05) is 6.61 Å². The van der Waals surface area contributed by atoms with Gasteiger partial charge in [-0.1, -0.05) is 117 Å². The highest BCUT2D eigenvalue weighted by Crippen LogP contribution is 2.12. The van der Waals surface area contributed by atoms with Crippen LogP contribution in [-0.2, 0) is 23.9 Å². The molecule has 1 N–H and O–H groups in total. The van der Waals surface area contributed by atoms with Crippen molar-refractivity contribution in [3.8, 4) is 0 Å². The van der Waals surface area contributed by atoms with Gasteiger partial charge in [0.2, 0.25) is 6.10 Å². The lowest BCUT2D eigenvalue weighted by Crippen LogP contribution is -2.32. The number of hydrogen-bond donors (Lipinski definition) is 1. The largest absolute Gasteiger partial charge is 0.478 e. The minimum absolute atomic E-state index is 0.200. The molecule has 6 heteroatoms. The zero-order chi connectivity index (χ0) is 24.6. The third kappa shape index (κ3) is 22.0. The van der Waals surface area contributed by atoms with Crippen LogP contribution in [0.25, 0.3) is 0 Å². The molecule has 0 aromatic rings. The Morgan fingerprint density at radius 3 is 1.33 bits per heavy atom. The van der Waals surface area contributed by atoms with Crippen LogP contribution in [0.2, 0.25) is 0 Å². The fourth-order valence-corrected chi connectivity index (χ4v) is 3.77. The van der Waals surface area contributed by atoms with Crippen molar-refractivity contribution >= 4 is 17.9 Å². The van der Waals surface area contributed by atoms with Gasteiger partial charge < -0.3 is 14.6 Å². The first-order valence-electron chi connectivity index (χ1n) is 13.6. The highest BCUT2D eigenvalue weighted by molar-refractivity contribution is 5.78. The molecule has 0 radical (unpaired) electrons. The summed E-state index contributed by atoms with van der Waals surface area (Å²) in [6.07, 6.45) is 19.7. The van der Waals surface area contributed by atoms with E-state index in [2.05, 4.69) is 13.8 Å². The maximum absolute atomic E-state index is 11.9. The van der Waals surface area contributed by atoms with Crippen molar-refractivity contribution in [3.63, 3.8) is 0 Å². The number of carbonyl (C=O) groups excluding carboxylic acids is 2. The van der Waals surface area contributed by atoms with Crippen LogP contribution < -0.4 is 0 Å². The van der Waals surface area contributed by atoms with Gasteiger partial charge >= 0.3 is 17.9 Å². The lowest BCUT2D eigenvalue weighted by atomic mass is 10.1. The molecule has 0 aliphatic rings. The summed E-state index contributed by atoms with van der Waals surface area (Å²) >= 11 is 0. The van der Waals surface area contributed by atoms with Gasteiger partial charge in [0.1, 0.15) is 6.61 Å². The van der Waals surface area contributed by atoms with E-state index in [1.54, 1.807) is 0 Å². The van der Waals surface area contributed by atoms with Crippen LogP contribution in [-0.4, -0.2) is 35.7 Å². The van der Waals surface area contributed by atoms with Crippen molar-refractivity contribution < 1.29 is 29.0 Å². The van der Waals surface area contributed by atoms with Crippen molar-refractivity contribution in [1.82, 2.24) is 0 Å². The van der Waals surface area contributed by atoms with E-state index in [0.717, 1.165) is 32.1 Å². The Bertz CT molecular complexity index is 491. The van der Waals surface area contributed by atoms with Crippen molar-refractivity contribution in [1.29, 1.82) is 0 Å². The van der Waals surface area contributed by atoms with E-state index in [9.17, 15) is 19.5 Å². The average molecular weight is 471 g/mol. The van der Waals surface area contributed by atoms with Crippen LogP contribution in [0.5, 0.6) is 0 Å². The Balaban J connectivity index is 3.78. The summed E-state index contributed by atoms with van der Waals surface area (Å²) in [6.45, 7) is 3.99. The Labute approximate surface area is 202 Å². The summed E-state index contributed by atoms with van der Waals surface area (Å²) in [5.41, 5.74) is 0. The van der Waals surface area contributed by atoms with Gasteiger partial charge in [0.25, 0.3) is 0 Å². The summed E-state index contributed by atoms with van der Waals surface area (Å²) in [4.78, 5) is 35.1. The number of rotatable bonds is 24. The van der Waals surface area contributed by atoms with Crippen LogP contribution in [0.4, 0.5) is 0 Å². The number of unbranched alkanes of at least 4 members (excludes halogenated alkanes) is 16. The minimum atomic E-state index is -1.43. The fraction of sp³-hybridized carbons (Fsp3) is 0.889. The maximum Gasteiger partial charge on any atom is 0.348 e. The molecule has 0 bridgehead atoms. The number of carboxylic acids is 1. The predicted octanol–water partition coefficient (Wildman–Crippen LogP) is 7.37. The van der Waals surface area contributed by atoms with Gasteiger partial charge in [0, 0.05) is 12.8 Å². The molecule has 0 fully saturated rings. The molecule has 0 spiro atoms. The zero-order valence-electron chi connectivity index (χ0n) is 21.4.